The molecule has 2 aliphatic heterocycles. The average molecular weight is 449 g/mol. The number of carbonyl (C=O) groups is 3. The van der Waals surface area contributed by atoms with Gasteiger partial charge in [0, 0.05) is 48.7 Å². The van der Waals surface area contributed by atoms with E-state index in [0.717, 1.165) is 57.5 Å². The number of benzene rings is 2. The van der Waals surface area contributed by atoms with Gasteiger partial charge in [0.25, 0.3) is 11.8 Å². The highest BCUT2D eigenvalue weighted by molar-refractivity contribution is 5.97. The lowest BCUT2D eigenvalue weighted by molar-refractivity contribution is -0.114. The molecular weight excluding hydrogens is 416 g/mol. The van der Waals surface area contributed by atoms with E-state index >= 15 is 0 Å². The van der Waals surface area contributed by atoms with Crippen molar-refractivity contribution in [2.45, 2.75) is 32.6 Å². The van der Waals surface area contributed by atoms with E-state index in [9.17, 15) is 14.4 Å². The number of piperidine rings is 1. The first-order valence-corrected chi connectivity index (χ1v) is 11.8. The Morgan fingerprint density at radius 2 is 1.24 bits per heavy atom. The SMILES string of the molecule is CC1CCN(C(=O)c2ccc(NCC(=O)Nc3ccc(C(=O)N4CCCC4)cc3)cc2)CC1. The van der Waals surface area contributed by atoms with Gasteiger partial charge >= 0.3 is 0 Å². The highest BCUT2D eigenvalue weighted by Crippen LogP contribution is 2.19. The molecule has 0 unspecified atom stereocenters. The van der Waals surface area contributed by atoms with Crippen LogP contribution in [-0.2, 0) is 4.79 Å². The Morgan fingerprint density at radius 3 is 1.79 bits per heavy atom. The lowest BCUT2D eigenvalue weighted by atomic mass is 9.98. The molecule has 3 amide bonds. The Balaban J connectivity index is 1.24. The van der Waals surface area contributed by atoms with Gasteiger partial charge in [-0.2, -0.15) is 0 Å². The molecule has 2 saturated heterocycles. The van der Waals surface area contributed by atoms with Crippen molar-refractivity contribution in [2.75, 3.05) is 43.4 Å². The Bertz CT molecular complexity index is 974. The lowest BCUT2D eigenvalue weighted by Crippen LogP contribution is -2.37. The maximum absolute atomic E-state index is 12.6. The zero-order valence-corrected chi connectivity index (χ0v) is 19.2. The fourth-order valence-corrected chi connectivity index (χ4v) is 4.31. The van der Waals surface area contributed by atoms with Crippen molar-refractivity contribution in [1.29, 1.82) is 0 Å². The van der Waals surface area contributed by atoms with Crippen molar-refractivity contribution in [3.05, 3.63) is 59.7 Å². The largest absolute Gasteiger partial charge is 0.376 e. The van der Waals surface area contributed by atoms with Crippen LogP contribution in [0.3, 0.4) is 0 Å². The lowest BCUT2D eigenvalue weighted by Gasteiger charge is -2.30. The van der Waals surface area contributed by atoms with Gasteiger partial charge in [-0.3, -0.25) is 14.4 Å². The normalized spacial score (nSPS) is 16.5. The maximum Gasteiger partial charge on any atom is 0.253 e. The highest BCUT2D eigenvalue weighted by Gasteiger charge is 2.21. The molecule has 7 nitrogen and oxygen atoms in total. The number of hydrogen-bond acceptors (Lipinski definition) is 4. The molecule has 2 N–H and O–H groups in total. The first-order valence-electron chi connectivity index (χ1n) is 11.8. The molecule has 7 heteroatoms. The van der Waals surface area contributed by atoms with Gasteiger partial charge in [0.1, 0.15) is 0 Å². The average Bonchev–Trinajstić information content (AvgIpc) is 3.38. The van der Waals surface area contributed by atoms with Crippen LogP contribution >= 0.6 is 0 Å². The third-order valence-electron chi connectivity index (χ3n) is 6.46. The number of carbonyl (C=O) groups excluding carboxylic acids is 3. The standard InChI is InChI=1S/C26H32N4O3/c1-19-12-16-30(17-13-19)26(33)20-4-8-22(9-5-20)27-18-24(31)28-23-10-6-21(7-11-23)25(32)29-14-2-3-15-29/h4-11,19,27H,2-3,12-18H2,1H3,(H,28,31). The molecule has 0 atom stereocenters. The van der Waals surface area contributed by atoms with E-state index in [1.54, 1.807) is 36.4 Å². The van der Waals surface area contributed by atoms with Gasteiger partial charge in [-0.05, 0) is 80.1 Å². The second kappa shape index (κ2) is 10.5. The molecule has 2 aromatic carbocycles. The van der Waals surface area contributed by atoms with Gasteiger partial charge < -0.3 is 20.4 Å². The third kappa shape index (κ3) is 5.92. The van der Waals surface area contributed by atoms with Gasteiger partial charge in [0.05, 0.1) is 6.54 Å². The molecule has 0 radical (unpaired) electrons. The number of rotatable bonds is 6. The maximum atomic E-state index is 12.6. The van der Waals surface area contributed by atoms with E-state index < -0.39 is 0 Å². The zero-order chi connectivity index (χ0) is 23.2. The van der Waals surface area contributed by atoms with Crippen molar-refractivity contribution < 1.29 is 14.4 Å². The molecule has 33 heavy (non-hydrogen) atoms. The van der Waals surface area contributed by atoms with E-state index in [2.05, 4.69) is 17.6 Å². The number of amides is 3. The van der Waals surface area contributed by atoms with Gasteiger partial charge in [-0.25, -0.2) is 0 Å². The third-order valence-corrected chi connectivity index (χ3v) is 6.46. The molecule has 0 saturated carbocycles. The molecule has 2 aliphatic rings. The molecule has 0 aliphatic carbocycles. The first-order chi connectivity index (χ1) is 16.0. The monoisotopic (exact) mass is 448 g/mol. The predicted molar refractivity (Wildman–Crippen MR) is 129 cm³/mol. The summed E-state index contributed by atoms with van der Waals surface area (Å²) in [5, 5.41) is 5.92. The molecule has 2 fully saturated rings. The Hall–Kier alpha value is -3.35. The van der Waals surface area contributed by atoms with Crippen LogP contribution < -0.4 is 10.6 Å². The van der Waals surface area contributed by atoms with Crippen molar-refractivity contribution in [2.24, 2.45) is 5.92 Å². The molecule has 2 heterocycles. The topological polar surface area (TPSA) is 81.8 Å². The predicted octanol–water partition coefficient (Wildman–Crippen LogP) is 3.85. The number of likely N-dealkylation sites (tertiary alicyclic amines) is 2. The van der Waals surface area contributed by atoms with E-state index in [1.165, 1.54) is 0 Å². The molecule has 4 rings (SSSR count). The minimum atomic E-state index is -0.184. The number of anilines is 2. The summed E-state index contributed by atoms with van der Waals surface area (Å²) >= 11 is 0. The first kappa shape index (κ1) is 22.8. The van der Waals surface area contributed by atoms with Crippen LogP contribution in [0.4, 0.5) is 11.4 Å². The summed E-state index contributed by atoms with van der Waals surface area (Å²) in [4.78, 5) is 41.2. The van der Waals surface area contributed by atoms with Crippen molar-refractivity contribution in [3.63, 3.8) is 0 Å². The van der Waals surface area contributed by atoms with Crippen LogP contribution in [0.1, 0.15) is 53.3 Å². The molecule has 0 aromatic heterocycles. The molecule has 0 bridgehead atoms. The summed E-state index contributed by atoms with van der Waals surface area (Å²) in [6.45, 7) is 5.59. The fourth-order valence-electron chi connectivity index (χ4n) is 4.31. The van der Waals surface area contributed by atoms with E-state index in [1.807, 2.05) is 21.9 Å². The Labute approximate surface area is 195 Å². The van der Waals surface area contributed by atoms with Crippen LogP contribution in [0.5, 0.6) is 0 Å². The Kier molecular flexibility index (Phi) is 7.27. The van der Waals surface area contributed by atoms with Gasteiger partial charge in [0.2, 0.25) is 5.91 Å². The van der Waals surface area contributed by atoms with Crippen LogP contribution in [0.25, 0.3) is 0 Å². The second-order valence-corrected chi connectivity index (χ2v) is 9.03. The van der Waals surface area contributed by atoms with Crippen LogP contribution in [0.2, 0.25) is 0 Å². The molecule has 2 aromatic rings. The fraction of sp³-hybridized carbons (Fsp3) is 0.423. The second-order valence-electron chi connectivity index (χ2n) is 9.03. The number of nitrogens with one attached hydrogen (secondary N) is 2. The van der Waals surface area contributed by atoms with Crippen LogP contribution in [0, 0.1) is 5.92 Å². The van der Waals surface area contributed by atoms with Gasteiger partial charge in [-0.15, -0.1) is 0 Å². The van der Waals surface area contributed by atoms with Gasteiger partial charge in [0.15, 0.2) is 0 Å². The minimum Gasteiger partial charge on any atom is -0.376 e. The van der Waals surface area contributed by atoms with Crippen molar-refractivity contribution in [3.8, 4) is 0 Å². The quantitative estimate of drug-likeness (QED) is 0.703. The van der Waals surface area contributed by atoms with Crippen LogP contribution in [0.15, 0.2) is 48.5 Å². The zero-order valence-electron chi connectivity index (χ0n) is 19.2. The summed E-state index contributed by atoms with van der Waals surface area (Å²) in [5.41, 5.74) is 2.74. The minimum absolute atomic E-state index is 0.0452. The van der Waals surface area contributed by atoms with E-state index in [0.29, 0.717) is 22.7 Å². The van der Waals surface area contributed by atoms with Crippen LogP contribution in [-0.4, -0.2) is 60.2 Å². The summed E-state index contributed by atoms with van der Waals surface area (Å²) in [7, 11) is 0. The Morgan fingerprint density at radius 1 is 0.758 bits per heavy atom. The summed E-state index contributed by atoms with van der Waals surface area (Å²) < 4.78 is 0. The van der Waals surface area contributed by atoms with Gasteiger partial charge in [-0.1, -0.05) is 6.92 Å². The molecule has 0 spiro atoms. The smallest absolute Gasteiger partial charge is 0.253 e. The van der Waals surface area contributed by atoms with E-state index in [-0.39, 0.29) is 24.3 Å². The number of nitrogens with zero attached hydrogens (tertiary/aromatic N) is 2. The van der Waals surface area contributed by atoms with Crippen molar-refractivity contribution in [1.82, 2.24) is 9.80 Å². The van der Waals surface area contributed by atoms with E-state index in [4.69, 9.17) is 0 Å². The molecule has 174 valence electrons. The van der Waals surface area contributed by atoms with Crippen molar-refractivity contribution >= 4 is 29.1 Å². The number of hydrogen-bond donors (Lipinski definition) is 2. The molecular formula is C26H32N4O3. The summed E-state index contributed by atoms with van der Waals surface area (Å²) in [6.07, 6.45) is 4.23. The summed E-state index contributed by atoms with van der Waals surface area (Å²) in [5.74, 6) is 0.611. The summed E-state index contributed by atoms with van der Waals surface area (Å²) in [6, 6.07) is 14.3. The highest BCUT2D eigenvalue weighted by atomic mass is 16.2.